The Hall–Kier alpha value is -1.71. The molecule has 1 amide bonds. The molecule has 0 radical (unpaired) electrons. The molecule has 20 heavy (non-hydrogen) atoms. The molecule has 2 N–H and O–H groups in total. The fraction of sp³-hybridized carbons (Fsp3) is 0.562. The van der Waals surface area contributed by atoms with Gasteiger partial charge in [-0.15, -0.1) is 0 Å². The van der Waals surface area contributed by atoms with Crippen LogP contribution in [0.15, 0.2) is 18.2 Å². The van der Waals surface area contributed by atoms with Crippen molar-refractivity contribution in [3.8, 4) is 11.5 Å². The van der Waals surface area contributed by atoms with Crippen LogP contribution in [-0.2, 0) is 0 Å². The second-order valence-electron chi connectivity index (χ2n) is 5.91. The summed E-state index contributed by atoms with van der Waals surface area (Å²) in [6, 6.07) is 4.95. The third-order valence-electron chi connectivity index (χ3n) is 4.20. The van der Waals surface area contributed by atoms with E-state index in [-0.39, 0.29) is 22.6 Å². The lowest BCUT2D eigenvalue weighted by Crippen LogP contribution is -2.37. The van der Waals surface area contributed by atoms with E-state index >= 15 is 0 Å². The molecule has 0 aromatic heterocycles. The summed E-state index contributed by atoms with van der Waals surface area (Å²) in [5.41, 5.74) is 0.450. The largest absolute Gasteiger partial charge is 0.504 e. The molecule has 4 nitrogen and oxygen atoms in total. The predicted octanol–water partition coefficient (Wildman–Crippen LogP) is 3.10. The van der Waals surface area contributed by atoms with Crippen molar-refractivity contribution in [3.05, 3.63) is 23.8 Å². The molecule has 2 rings (SSSR count). The van der Waals surface area contributed by atoms with Crippen LogP contribution in [0.1, 0.15) is 49.4 Å². The van der Waals surface area contributed by atoms with Crippen molar-refractivity contribution in [2.24, 2.45) is 5.41 Å². The quantitative estimate of drug-likeness (QED) is 0.889. The zero-order valence-electron chi connectivity index (χ0n) is 12.2. The van der Waals surface area contributed by atoms with Gasteiger partial charge in [0, 0.05) is 6.54 Å². The van der Waals surface area contributed by atoms with Gasteiger partial charge in [0.1, 0.15) is 0 Å². The topological polar surface area (TPSA) is 58.6 Å². The molecule has 1 aliphatic rings. The monoisotopic (exact) mass is 277 g/mol. The van der Waals surface area contributed by atoms with E-state index in [1.165, 1.54) is 26.4 Å². The average Bonchev–Trinajstić information content (AvgIpc) is 2.46. The van der Waals surface area contributed by atoms with E-state index in [2.05, 4.69) is 12.2 Å². The van der Waals surface area contributed by atoms with Crippen LogP contribution >= 0.6 is 0 Å². The van der Waals surface area contributed by atoms with E-state index in [4.69, 9.17) is 4.74 Å². The fourth-order valence-corrected chi connectivity index (χ4v) is 2.84. The van der Waals surface area contributed by atoms with Gasteiger partial charge < -0.3 is 15.2 Å². The second-order valence-corrected chi connectivity index (χ2v) is 5.91. The number of para-hydroxylation sites is 1. The number of phenols is 1. The maximum absolute atomic E-state index is 12.2. The SMILES string of the molecule is COc1cccc(C(=O)NCC2(C)CCCCC2)c1O. The first-order chi connectivity index (χ1) is 9.56. The molecule has 1 aliphatic carbocycles. The van der Waals surface area contributed by atoms with Gasteiger partial charge in [-0.3, -0.25) is 4.79 Å². The number of ether oxygens (including phenoxy) is 1. The van der Waals surface area contributed by atoms with E-state index in [0.29, 0.717) is 12.3 Å². The Kier molecular flexibility index (Phi) is 4.53. The van der Waals surface area contributed by atoms with Crippen LogP contribution in [0.2, 0.25) is 0 Å². The Balaban J connectivity index is 2.01. The summed E-state index contributed by atoms with van der Waals surface area (Å²) in [7, 11) is 1.47. The molecule has 0 spiro atoms. The summed E-state index contributed by atoms with van der Waals surface area (Å²) in [5.74, 6) is -0.0176. The van der Waals surface area contributed by atoms with Gasteiger partial charge in [-0.05, 0) is 30.4 Å². The highest BCUT2D eigenvalue weighted by Crippen LogP contribution is 2.35. The molecule has 1 saturated carbocycles. The van der Waals surface area contributed by atoms with Crippen molar-refractivity contribution in [3.63, 3.8) is 0 Å². The summed E-state index contributed by atoms with van der Waals surface area (Å²) in [4.78, 5) is 12.2. The molecule has 0 heterocycles. The van der Waals surface area contributed by atoms with Crippen LogP contribution in [0, 0.1) is 5.41 Å². The Morgan fingerprint density at radius 2 is 2.05 bits per heavy atom. The number of benzene rings is 1. The maximum Gasteiger partial charge on any atom is 0.255 e. The average molecular weight is 277 g/mol. The Labute approximate surface area is 120 Å². The number of methoxy groups -OCH3 is 1. The molecule has 0 unspecified atom stereocenters. The van der Waals surface area contributed by atoms with E-state index in [9.17, 15) is 9.90 Å². The van der Waals surface area contributed by atoms with Gasteiger partial charge in [-0.25, -0.2) is 0 Å². The highest BCUT2D eigenvalue weighted by molar-refractivity contribution is 5.97. The van der Waals surface area contributed by atoms with Crippen molar-refractivity contribution >= 4 is 5.91 Å². The van der Waals surface area contributed by atoms with E-state index < -0.39 is 0 Å². The molecular weight excluding hydrogens is 254 g/mol. The van der Waals surface area contributed by atoms with Gasteiger partial charge in [0.2, 0.25) is 0 Å². The van der Waals surface area contributed by atoms with Gasteiger partial charge in [0.25, 0.3) is 5.91 Å². The van der Waals surface area contributed by atoms with Crippen LogP contribution in [0.5, 0.6) is 11.5 Å². The molecule has 0 aliphatic heterocycles. The number of hydrogen-bond donors (Lipinski definition) is 2. The van der Waals surface area contributed by atoms with Gasteiger partial charge in [0.15, 0.2) is 11.5 Å². The predicted molar refractivity (Wildman–Crippen MR) is 78.2 cm³/mol. The Bertz CT molecular complexity index is 479. The van der Waals surface area contributed by atoms with Crippen molar-refractivity contribution < 1.29 is 14.6 Å². The number of carbonyl (C=O) groups is 1. The highest BCUT2D eigenvalue weighted by Gasteiger charge is 2.27. The van der Waals surface area contributed by atoms with Crippen LogP contribution in [0.4, 0.5) is 0 Å². The smallest absolute Gasteiger partial charge is 0.255 e. The number of rotatable bonds is 4. The van der Waals surface area contributed by atoms with Gasteiger partial charge in [-0.2, -0.15) is 0 Å². The van der Waals surface area contributed by atoms with E-state index in [1.807, 2.05) is 0 Å². The van der Waals surface area contributed by atoms with Crippen LogP contribution in [0.25, 0.3) is 0 Å². The summed E-state index contributed by atoms with van der Waals surface area (Å²) >= 11 is 0. The molecule has 0 atom stereocenters. The lowest BCUT2D eigenvalue weighted by molar-refractivity contribution is 0.0916. The zero-order valence-corrected chi connectivity index (χ0v) is 12.2. The Morgan fingerprint density at radius 3 is 2.70 bits per heavy atom. The number of nitrogens with one attached hydrogen (secondary N) is 1. The first kappa shape index (κ1) is 14.7. The number of hydrogen-bond acceptors (Lipinski definition) is 3. The third kappa shape index (κ3) is 3.24. The van der Waals surface area contributed by atoms with Crippen molar-refractivity contribution in [2.75, 3.05) is 13.7 Å². The molecule has 110 valence electrons. The van der Waals surface area contributed by atoms with Crippen molar-refractivity contribution in [1.29, 1.82) is 0 Å². The van der Waals surface area contributed by atoms with Gasteiger partial charge in [-0.1, -0.05) is 32.3 Å². The maximum atomic E-state index is 12.2. The molecular formula is C16H23NO3. The lowest BCUT2D eigenvalue weighted by atomic mass is 9.76. The minimum atomic E-state index is -0.242. The van der Waals surface area contributed by atoms with Crippen LogP contribution in [0.3, 0.4) is 0 Å². The summed E-state index contributed by atoms with van der Waals surface area (Å²) in [6.07, 6.45) is 6.06. The van der Waals surface area contributed by atoms with Crippen molar-refractivity contribution in [1.82, 2.24) is 5.32 Å². The van der Waals surface area contributed by atoms with Gasteiger partial charge in [0.05, 0.1) is 12.7 Å². The number of phenolic OH excluding ortho intramolecular Hbond substituents is 1. The first-order valence-corrected chi connectivity index (χ1v) is 7.20. The molecule has 0 saturated heterocycles. The molecule has 1 aromatic rings. The number of aromatic hydroxyl groups is 1. The second kappa shape index (κ2) is 6.16. The minimum absolute atomic E-state index is 0.0960. The molecule has 1 fully saturated rings. The van der Waals surface area contributed by atoms with Crippen LogP contribution in [-0.4, -0.2) is 24.7 Å². The normalized spacial score (nSPS) is 17.5. The minimum Gasteiger partial charge on any atom is -0.504 e. The van der Waals surface area contributed by atoms with Gasteiger partial charge >= 0.3 is 0 Å². The van der Waals surface area contributed by atoms with Crippen molar-refractivity contribution in [2.45, 2.75) is 39.0 Å². The first-order valence-electron chi connectivity index (χ1n) is 7.20. The standard InChI is InChI=1S/C16H23NO3/c1-16(9-4-3-5-10-16)11-17-15(19)12-7-6-8-13(20-2)14(12)18/h6-8,18H,3-5,9-11H2,1-2H3,(H,17,19). The number of amides is 1. The summed E-state index contributed by atoms with van der Waals surface area (Å²) < 4.78 is 5.02. The van der Waals surface area contributed by atoms with E-state index in [0.717, 1.165) is 12.8 Å². The van der Waals surface area contributed by atoms with Crippen LogP contribution < -0.4 is 10.1 Å². The fourth-order valence-electron chi connectivity index (χ4n) is 2.84. The van der Waals surface area contributed by atoms with E-state index in [1.54, 1.807) is 18.2 Å². The zero-order chi connectivity index (χ0) is 14.6. The molecule has 0 bridgehead atoms. The lowest BCUT2D eigenvalue weighted by Gasteiger charge is -2.33. The third-order valence-corrected chi connectivity index (χ3v) is 4.20. The Morgan fingerprint density at radius 1 is 1.35 bits per heavy atom. The number of carbonyl (C=O) groups excluding carboxylic acids is 1. The summed E-state index contributed by atoms with van der Waals surface area (Å²) in [5, 5.41) is 12.9. The highest BCUT2D eigenvalue weighted by atomic mass is 16.5. The summed E-state index contributed by atoms with van der Waals surface area (Å²) in [6.45, 7) is 2.88. The molecule has 4 heteroatoms. The molecule has 1 aromatic carbocycles.